The van der Waals surface area contributed by atoms with E-state index in [0.29, 0.717) is 23.4 Å². The maximum absolute atomic E-state index is 13.0. The molecule has 2 N–H and O–H groups in total. The van der Waals surface area contributed by atoms with E-state index < -0.39 is 10.0 Å². The van der Waals surface area contributed by atoms with Crippen LogP contribution in [0.25, 0.3) is 0 Å². The molecule has 3 rings (SSSR count). The van der Waals surface area contributed by atoms with Crippen molar-refractivity contribution in [3.05, 3.63) is 59.2 Å². The minimum atomic E-state index is -3.75. The van der Waals surface area contributed by atoms with E-state index in [0.717, 1.165) is 44.8 Å². The van der Waals surface area contributed by atoms with Crippen LogP contribution in [0.5, 0.6) is 0 Å². The Bertz CT molecular complexity index is 1050. The molecule has 33 heavy (non-hydrogen) atoms. The number of nitrogens with zero attached hydrogens (tertiary/aromatic N) is 1. The number of carbonyl (C=O) groups excluding carboxylic acids is 1. The summed E-state index contributed by atoms with van der Waals surface area (Å²) in [4.78, 5) is 15.0. The first-order valence-corrected chi connectivity index (χ1v) is 12.9. The minimum absolute atomic E-state index is 0.158. The lowest BCUT2D eigenvalue weighted by atomic mass is 9.87. The summed E-state index contributed by atoms with van der Waals surface area (Å²) >= 11 is 0. The van der Waals surface area contributed by atoms with Crippen molar-refractivity contribution < 1.29 is 17.9 Å². The molecule has 1 saturated heterocycles. The highest BCUT2D eigenvalue weighted by atomic mass is 32.2. The summed E-state index contributed by atoms with van der Waals surface area (Å²) < 4.78 is 34.0. The first kappa shape index (κ1) is 25.2. The number of sulfonamides is 1. The highest BCUT2D eigenvalue weighted by Gasteiger charge is 2.21. The average molecular weight is 474 g/mol. The molecule has 0 saturated carbocycles. The fourth-order valence-electron chi connectivity index (χ4n) is 3.69. The Morgan fingerprint density at radius 3 is 2.36 bits per heavy atom. The number of nitrogens with one attached hydrogen (secondary N) is 2. The van der Waals surface area contributed by atoms with Gasteiger partial charge in [0, 0.05) is 30.9 Å². The maximum Gasteiger partial charge on any atom is 0.262 e. The number of rotatable bonds is 8. The molecule has 2 aromatic carbocycles. The predicted octanol–water partition coefficient (Wildman–Crippen LogP) is 3.55. The highest BCUT2D eigenvalue weighted by molar-refractivity contribution is 7.92. The molecule has 1 aliphatic rings. The molecule has 0 atom stereocenters. The molecule has 0 aliphatic carbocycles. The molecule has 1 fully saturated rings. The third-order valence-corrected chi connectivity index (χ3v) is 7.31. The van der Waals surface area contributed by atoms with Crippen LogP contribution in [0.15, 0.2) is 47.4 Å². The molecule has 7 nitrogen and oxygen atoms in total. The van der Waals surface area contributed by atoms with Gasteiger partial charge in [0.05, 0.1) is 18.1 Å². The van der Waals surface area contributed by atoms with Crippen LogP contribution in [0.1, 0.15) is 48.7 Å². The van der Waals surface area contributed by atoms with Gasteiger partial charge in [0.25, 0.3) is 15.9 Å². The second kappa shape index (κ2) is 10.7. The van der Waals surface area contributed by atoms with E-state index in [1.165, 1.54) is 0 Å². The maximum atomic E-state index is 13.0. The Labute approximate surface area is 197 Å². The van der Waals surface area contributed by atoms with Crippen molar-refractivity contribution in [3.8, 4) is 0 Å². The normalized spacial score (nSPS) is 15.3. The van der Waals surface area contributed by atoms with E-state index in [2.05, 4.69) is 14.9 Å². The Balaban J connectivity index is 1.58. The van der Waals surface area contributed by atoms with Gasteiger partial charge in [-0.15, -0.1) is 0 Å². The summed E-state index contributed by atoms with van der Waals surface area (Å²) in [5, 5.41) is 2.92. The molecule has 1 amide bonds. The van der Waals surface area contributed by atoms with E-state index in [1.807, 2.05) is 32.9 Å². The van der Waals surface area contributed by atoms with Crippen LogP contribution in [0.4, 0.5) is 5.69 Å². The molecule has 180 valence electrons. The molecule has 0 spiro atoms. The summed E-state index contributed by atoms with van der Waals surface area (Å²) in [5.74, 6) is -0.167. The third kappa shape index (κ3) is 7.03. The zero-order chi connectivity index (χ0) is 24.1. The van der Waals surface area contributed by atoms with Crippen LogP contribution < -0.4 is 10.0 Å². The number of aryl methyl sites for hydroxylation is 1. The summed E-state index contributed by atoms with van der Waals surface area (Å²) in [5.41, 5.74) is 2.39. The van der Waals surface area contributed by atoms with Crippen LogP contribution in [0.2, 0.25) is 0 Å². The summed E-state index contributed by atoms with van der Waals surface area (Å²) in [6, 6.07) is 12.0. The van der Waals surface area contributed by atoms with Crippen LogP contribution in [0.3, 0.4) is 0 Å². The second-order valence-electron chi connectivity index (χ2n) is 9.48. The van der Waals surface area contributed by atoms with Gasteiger partial charge in [0.15, 0.2) is 0 Å². The molecular formula is C25H35N3O4S. The number of hydrogen-bond acceptors (Lipinski definition) is 5. The molecule has 1 aliphatic heterocycles. The first-order chi connectivity index (χ1) is 15.6. The minimum Gasteiger partial charge on any atom is -0.379 e. The van der Waals surface area contributed by atoms with E-state index in [-0.39, 0.29) is 16.2 Å². The number of benzene rings is 2. The second-order valence-corrected chi connectivity index (χ2v) is 11.1. The van der Waals surface area contributed by atoms with Gasteiger partial charge < -0.3 is 10.1 Å². The van der Waals surface area contributed by atoms with Gasteiger partial charge in [-0.3, -0.25) is 14.4 Å². The van der Waals surface area contributed by atoms with E-state index in [1.54, 1.807) is 37.3 Å². The molecule has 0 aromatic heterocycles. The van der Waals surface area contributed by atoms with E-state index >= 15 is 0 Å². The summed E-state index contributed by atoms with van der Waals surface area (Å²) in [6.45, 7) is 12.9. The predicted molar refractivity (Wildman–Crippen MR) is 131 cm³/mol. The van der Waals surface area contributed by atoms with E-state index in [4.69, 9.17) is 4.74 Å². The van der Waals surface area contributed by atoms with Gasteiger partial charge >= 0.3 is 0 Å². The molecule has 0 bridgehead atoms. The Morgan fingerprint density at radius 2 is 1.73 bits per heavy atom. The number of carbonyl (C=O) groups is 1. The Hall–Kier alpha value is -2.42. The number of amides is 1. The number of morpholine rings is 1. The topological polar surface area (TPSA) is 87.7 Å². The van der Waals surface area contributed by atoms with Crippen LogP contribution in [0, 0.1) is 6.92 Å². The Morgan fingerprint density at radius 1 is 1.06 bits per heavy atom. The van der Waals surface area contributed by atoms with Crippen molar-refractivity contribution in [2.75, 3.05) is 44.1 Å². The fraction of sp³-hybridized carbons (Fsp3) is 0.480. The fourth-order valence-corrected chi connectivity index (χ4v) is 5.02. The third-order valence-electron chi connectivity index (χ3n) is 5.78. The van der Waals surface area contributed by atoms with Crippen molar-refractivity contribution in [1.29, 1.82) is 0 Å². The SMILES string of the molecule is Cc1ccc(C(C)(C)C)cc1S(=O)(=O)Nc1ccc(C(=O)NCCCN2CCOCC2)cc1. The van der Waals surface area contributed by atoms with Crippen LogP contribution in [-0.2, 0) is 20.2 Å². The van der Waals surface area contributed by atoms with Crippen molar-refractivity contribution in [2.24, 2.45) is 0 Å². The largest absolute Gasteiger partial charge is 0.379 e. The first-order valence-electron chi connectivity index (χ1n) is 11.4. The molecule has 1 heterocycles. The lowest BCUT2D eigenvalue weighted by Crippen LogP contribution is -2.38. The van der Waals surface area contributed by atoms with Gasteiger partial charge in [-0.05, 0) is 66.8 Å². The molecule has 0 radical (unpaired) electrons. The zero-order valence-corrected chi connectivity index (χ0v) is 20.8. The average Bonchev–Trinajstić information content (AvgIpc) is 2.77. The molecule has 0 unspecified atom stereocenters. The summed E-state index contributed by atoms with van der Waals surface area (Å²) in [7, 11) is -3.75. The highest BCUT2D eigenvalue weighted by Crippen LogP contribution is 2.27. The lowest BCUT2D eigenvalue weighted by molar-refractivity contribution is 0.0374. The van der Waals surface area contributed by atoms with Gasteiger partial charge in [-0.1, -0.05) is 32.9 Å². The van der Waals surface area contributed by atoms with Gasteiger partial charge in [0.2, 0.25) is 0 Å². The van der Waals surface area contributed by atoms with Crippen molar-refractivity contribution in [1.82, 2.24) is 10.2 Å². The quantitative estimate of drug-likeness (QED) is 0.573. The van der Waals surface area contributed by atoms with Gasteiger partial charge in [-0.2, -0.15) is 0 Å². The van der Waals surface area contributed by atoms with Gasteiger partial charge in [0.1, 0.15) is 0 Å². The number of anilines is 1. The lowest BCUT2D eigenvalue weighted by Gasteiger charge is -2.26. The molecular weight excluding hydrogens is 438 g/mol. The van der Waals surface area contributed by atoms with Gasteiger partial charge in [-0.25, -0.2) is 8.42 Å². The Kier molecular flexibility index (Phi) is 8.15. The summed E-state index contributed by atoms with van der Waals surface area (Å²) in [6.07, 6.45) is 0.872. The van der Waals surface area contributed by atoms with Crippen molar-refractivity contribution in [2.45, 2.75) is 44.4 Å². The smallest absolute Gasteiger partial charge is 0.262 e. The monoisotopic (exact) mass is 473 g/mol. The zero-order valence-electron chi connectivity index (χ0n) is 20.0. The number of ether oxygens (including phenoxy) is 1. The van der Waals surface area contributed by atoms with Crippen LogP contribution >= 0.6 is 0 Å². The molecule has 2 aromatic rings. The van der Waals surface area contributed by atoms with Crippen molar-refractivity contribution >= 4 is 21.6 Å². The number of hydrogen-bond donors (Lipinski definition) is 2. The molecule has 8 heteroatoms. The van der Waals surface area contributed by atoms with E-state index in [9.17, 15) is 13.2 Å². The standard InChI is InChI=1S/C25H35N3O4S/c1-19-6-9-21(25(2,3)4)18-23(19)33(30,31)27-22-10-7-20(8-11-22)24(29)26-12-5-13-28-14-16-32-17-15-28/h6-11,18,27H,5,12-17H2,1-4H3,(H,26,29). The van der Waals surface area contributed by atoms with Crippen LogP contribution in [-0.4, -0.2) is 58.6 Å². The van der Waals surface area contributed by atoms with Crippen molar-refractivity contribution in [3.63, 3.8) is 0 Å².